The van der Waals surface area contributed by atoms with Gasteiger partial charge in [0.2, 0.25) is 0 Å². The number of carbonyl (C=O) groups excluding carboxylic acids is 1. The number of likely N-dealkylation sites (N-methyl/N-ethyl adjacent to an activating group) is 1. The molecule has 5 heteroatoms. The molecule has 1 fully saturated rings. The number of amides is 1. The molecule has 1 aromatic heterocycles. The van der Waals surface area contributed by atoms with Crippen molar-refractivity contribution < 1.29 is 4.79 Å². The maximum absolute atomic E-state index is 12.0. The predicted octanol–water partition coefficient (Wildman–Crippen LogP) is 2.84. The van der Waals surface area contributed by atoms with E-state index >= 15 is 0 Å². The number of hydrogen-bond acceptors (Lipinski definition) is 3. The highest BCUT2D eigenvalue weighted by Gasteiger charge is 2.17. The van der Waals surface area contributed by atoms with Gasteiger partial charge in [0, 0.05) is 36.0 Å². The highest BCUT2D eigenvalue weighted by atomic mass is 79.9. The molecule has 2 rings (SSSR count). The van der Waals surface area contributed by atoms with E-state index in [1.807, 2.05) is 0 Å². The highest BCUT2D eigenvalue weighted by molar-refractivity contribution is 9.10. The Morgan fingerprint density at radius 1 is 1.40 bits per heavy atom. The lowest BCUT2D eigenvalue weighted by atomic mass is 9.94. The Labute approximate surface area is 129 Å². The van der Waals surface area contributed by atoms with Crippen LogP contribution in [0.15, 0.2) is 22.9 Å². The van der Waals surface area contributed by atoms with Crippen molar-refractivity contribution >= 4 is 21.8 Å². The van der Waals surface area contributed by atoms with Crippen LogP contribution in [0.2, 0.25) is 0 Å². The lowest BCUT2D eigenvalue weighted by molar-refractivity contribution is 0.0944. The maximum Gasteiger partial charge on any atom is 0.252 e. The summed E-state index contributed by atoms with van der Waals surface area (Å²) in [7, 11) is 2.16. The van der Waals surface area contributed by atoms with Crippen molar-refractivity contribution in [3.8, 4) is 0 Å². The molecular formula is C15H22BrN3O. The number of hydrogen-bond donors (Lipinski definition) is 1. The topological polar surface area (TPSA) is 45.2 Å². The van der Waals surface area contributed by atoms with Crippen LogP contribution in [0.5, 0.6) is 0 Å². The molecule has 0 atom stereocenters. The third-order valence-electron chi connectivity index (χ3n) is 3.92. The maximum atomic E-state index is 12.0. The summed E-state index contributed by atoms with van der Waals surface area (Å²) >= 11 is 3.32. The van der Waals surface area contributed by atoms with Crippen molar-refractivity contribution in [2.24, 2.45) is 0 Å². The summed E-state index contributed by atoms with van der Waals surface area (Å²) in [5.74, 6) is -0.0594. The fourth-order valence-corrected chi connectivity index (χ4v) is 3.05. The van der Waals surface area contributed by atoms with Gasteiger partial charge in [-0.1, -0.05) is 19.3 Å². The Balaban J connectivity index is 1.73. The van der Waals surface area contributed by atoms with Gasteiger partial charge in [0.25, 0.3) is 5.91 Å². The van der Waals surface area contributed by atoms with Crippen LogP contribution in [0.3, 0.4) is 0 Å². The molecule has 110 valence electrons. The number of halogens is 1. The lowest BCUT2D eigenvalue weighted by Gasteiger charge is -2.31. The minimum Gasteiger partial charge on any atom is -0.351 e. The Kier molecular flexibility index (Phi) is 5.98. The van der Waals surface area contributed by atoms with E-state index in [-0.39, 0.29) is 5.91 Å². The normalized spacial score (nSPS) is 16.4. The van der Waals surface area contributed by atoms with E-state index in [9.17, 15) is 4.79 Å². The van der Waals surface area contributed by atoms with Crippen molar-refractivity contribution in [1.82, 2.24) is 15.2 Å². The second-order valence-electron chi connectivity index (χ2n) is 5.42. The molecule has 1 N–H and O–H groups in total. The van der Waals surface area contributed by atoms with Crippen LogP contribution in [-0.4, -0.2) is 42.0 Å². The molecule has 0 aliphatic heterocycles. The van der Waals surface area contributed by atoms with Gasteiger partial charge in [-0.05, 0) is 41.9 Å². The monoisotopic (exact) mass is 339 g/mol. The fraction of sp³-hybridized carbons (Fsp3) is 0.600. The standard InChI is InChI=1S/C15H22BrN3O/c1-19(14-5-3-2-4-6-14)8-7-18-15(20)12-9-13(16)11-17-10-12/h9-11,14H,2-8H2,1H3,(H,18,20). The van der Waals surface area contributed by atoms with E-state index in [1.165, 1.54) is 32.1 Å². The largest absolute Gasteiger partial charge is 0.351 e. The third-order valence-corrected chi connectivity index (χ3v) is 4.35. The van der Waals surface area contributed by atoms with Gasteiger partial charge in [-0.2, -0.15) is 0 Å². The second kappa shape index (κ2) is 7.74. The van der Waals surface area contributed by atoms with E-state index in [2.05, 4.69) is 38.2 Å². The molecule has 0 radical (unpaired) electrons. The highest BCUT2D eigenvalue weighted by Crippen LogP contribution is 2.21. The molecule has 1 amide bonds. The fourth-order valence-electron chi connectivity index (χ4n) is 2.69. The number of pyridine rings is 1. The van der Waals surface area contributed by atoms with Gasteiger partial charge >= 0.3 is 0 Å². The van der Waals surface area contributed by atoms with Crippen molar-refractivity contribution in [3.63, 3.8) is 0 Å². The summed E-state index contributed by atoms with van der Waals surface area (Å²) < 4.78 is 0.824. The summed E-state index contributed by atoms with van der Waals surface area (Å²) in [6.07, 6.45) is 9.89. The quantitative estimate of drug-likeness (QED) is 0.897. The molecule has 0 spiro atoms. The summed E-state index contributed by atoms with van der Waals surface area (Å²) in [6, 6.07) is 2.47. The van der Waals surface area contributed by atoms with Gasteiger partial charge in [0.15, 0.2) is 0 Å². The average molecular weight is 340 g/mol. The van der Waals surface area contributed by atoms with E-state index in [0.29, 0.717) is 18.2 Å². The summed E-state index contributed by atoms with van der Waals surface area (Å²) in [5, 5.41) is 2.95. The minimum absolute atomic E-state index is 0.0594. The first-order valence-electron chi connectivity index (χ1n) is 7.26. The van der Waals surface area contributed by atoms with E-state index in [1.54, 1.807) is 18.5 Å². The van der Waals surface area contributed by atoms with Crippen molar-refractivity contribution in [2.75, 3.05) is 20.1 Å². The summed E-state index contributed by atoms with van der Waals surface area (Å²) in [4.78, 5) is 18.3. The molecule has 1 aromatic rings. The number of aromatic nitrogens is 1. The molecule has 20 heavy (non-hydrogen) atoms. The molecule has 4 nitrogen and oxygen atoms in total. The second-order valence-corrected chi connectivity index (χ2v) is 6.34. The van der Waals surface area contributed by atoms with Crippen LogP contribution in [0.4, 0.5) is 0 Å². The lowest BCUT2D eigenvalue weighted by Crippen LogP contribution is -2.39. The number of carbonyl (C=O) groups is 1. The van der Waals surface area contributed by atoms with Gasteiger partial charge in [-0.25, -0.2) is 0 Å². The van der Waals surface area contributed by atoms with Crippen LogP contribution in [0.25, 0.3) is 0 Å². The molecule has 1 aliphatic carbocycles. The van der Waals surface area contributed by atoms with Gasteiger partial charge in [0.1, 0.15) is 0 Å². The summed E-state index contributed by atoms with van der Waals surface area (Å²) in [6.45, 7) is 1.58. The zero-order chi connectivity index (χ0) is 14.4. The van der Waals surface area contributed by atoms with Gasteiger partial charge in [0.05, 0.1) is 5.56 Å². The molecule has 1 heterocycles. The van der Waals surface area contributed by atoms with Gasteiger partial charge < -0.3 is 10.2 Å². The van der Waals surface area contributed by atoms with Crippen LogP contribution in [-0.2, 0) is 0 Å². The number of nitrogens with one attached hydrogen (secondary N) is 1. The van der Waals surface area contributed by atoms with Crippen molar-refractivity contribution in [2.45, 2.75) is 38.1 Å². The molecule has 1 aliphatic rings. The summed E-state index contributed by atoms with van der Waals surface area (Å²) in [5.41, 5.74) is 0.597. The Morgan fingerprint density at radius 3 is 2.85 bits per heavy atom. The Morgan fingerprint density at radius 2 is 2.15 bits per heavy atom. The SMILES string of the molecule is CN(CCNC(=O)c1cncc(Br)c1)C1CCCCC1. The Bertz CT molecular complexity index is 446. The van der Waals surface area contributed by atoms with Crippen molar-refractivity contribution in [3.05, 3.63) is 28.5 Å². The van der Waals surface area contributed by atoms with E-state index in [4.69, 9.17) is 0 Å². The van der Waals surface area contributed by atoms with Crippen molar-refractivity contribution in [1.29, 1.82) is 0 Å². The average Bonchev–Trinajstić information content (AvgIpc) is 2.48. The Hall–Kier alpha value is -0.940. The molecule has 1 saturated carbocycles. The zero-order valence-electron chi connectivity index (χ0n) is 11.9. The van der Waals surface area contributed by atoms with E-state index < -0.39 is 0 Å². The molecule has 0 unspecified atom stereocenters. The van der Waals surface area contributed by atoms with Crippen LogP contribution < -0.4 is 5.32 Å². The first-order valence-corrected chi connectivity index (χ1v) is 8.05. The molecule has 0 aromatic carbocycles. The van der Waals surface area contributed by atoms with Crippen LogP contribution in [0.1, 0.15) is 42.5 Å². The smallest absolute Gasteiger partial charge is 0.252 e. The molecule has 0 bridgehead atoms. The number of rotatable bonds is 5. The zero-order valence-corrected chi connectivity index (χ0v) is 13.5. The van der Waals surface area contributed by atoms with E-state index in [0.717, 1.165) is 11.0 Å². The molecule has 0 saturated heterocycles. The number of nitrogens with zero attached hydrogens (tertiary/aromatic N) is 2. The van der Waals surface area contributed by atoms with Crippen LogP contribution >= 0.6 is 15.9 Å². The first kappa shape index (κ1) is 15.4. The predicted molar refractivity (Wildman–Crippen MR) is 83.8 cm³/mol. The van der Waals surface area contributed by atoms with Crippen LogP contribution in [0, 0.1) is 0 Å². The van der Waals surface area contributed by atoms with Gasteiger partial charge in [-0.3, -0.25) is 9.78 Å². The third kappa shape index (κ3) is 4.56. The minimum atomic E-state index is -0.0594. The molecular weight excluding hydrogens is 318 g/mol. The van der Waals surface area contributed by atoms with Gasteiger partial charge in [-0.15, -0.1) is 0 Å². The first-order chi connectivity index (χ1) is 9.66.